The van der Waals surface area contributed by atoms with Crippen LogP contribution in [0.1, 0.15) is 17.0 Å². The second-order valence-electron chi connectivity index (χ2n) is 4.39. The van der Waals surface area contributed by atoms with E-state index in [1.54, 1.807) is 25.4 Å². The Morgan fingerprint density at radius 1 is 1.48 bits per heavy atom. The van der Waals surface area contributed by atoms with Gasteiger partial charge in [0.2, 0.25) is 0 Å². The first-order valence-corrected chi connectivity index (χ1v) is 8.66. The lowest BCUT2D eigenvalue weighted by atomic mass is 10.2. The molecule has 3 rings (SSSR count). The van der Waals surface area contributed by atoms with Crippen molar-refractivity contribution < 1.29 is 12.9 Å². The van der Waals surface area contributed by atoms with Crippen LogP contribution in [-0.4, -0.2) is 23.0 Å². The molecule has 0 spiro atoms. The number of aromatic nitrogens is 3. The monoisotopic (exact) mass is 346 g/mol. The molecule has 3 aromatic heterocycles. The number of hydrogen-bond acceptors (Lipinski definition) is 6. The fraction of sp³-hybridized carbons (Fsp3) is 0.273. The smallest absolute Gasteiger partial charge is 0.260 e. The molecule has 0 amide bonds. The molecule has 21 heavy (non-hydrogen) atoms. The van der Waals surface area contributed by atoms with Gasteiger partial charge < -0.3 is 4.52 Å². The number of nitrogens with zero attached hydrogens (tertiary/aromatic N) is 3. The number of fused-ring (bicyclic) bond motifs is 1. The van der Waals surface area contributed by atoms with Crippen LogP contribution in [-0.2, 0) is 16.6 Å². The molecule has 0 fully saturated rings. The first-order chi connectivity index (χ1) is 9.90. The van der Waals surface area contributed by atoms with Crippen molar-refractivity contribution in [1.82, 2.24) is 19.3 Å². The zero-order chi connectivity index (χ0) is 15.2. The van der Waals surface area contributed by atoms with E-state index in [-0.39, 0.29) is 16.7 Å². The van der Waals surface area contributed by atoms with Gasteiger partial charge in [-0.1, -0.05) is 16.8 Å². The fourth-order valence-electron chi connectivity index (χ4n) is 1.97. The van der Waals surface area contributed by atoms with E-state index in [0.717, 1.165) is 0 Å². The first kappa shape index (κ1) is 14.5. The zero-order valence-electron chi connectivity index (χ0n) is 11.1. The Hall–Kier alpha value is -1.42. The Morgan fingerprint density at radius 2 is 2.24 bits per heavy atom. The molecule has 0 unspecified atom stereocenters. The molecule has 0 bridgehead atoms. The number of imidazole rings is 1. The van der Waals surface area contributed by atoms with E-state index in [2.05, 4.69) is 14.9 Å². The minimum Gasteiger partial charge on any atom is -0.361 e. The lowest BCUT2D eigenvalue weighted by molar-refractivity contribution is 0.392. The molecule has 0 atom stereocenters. The highest BCUT2D eigenvalue weighted by molar-refractivity contribution is 7.89. The van der Waals surface area contributed by atoms with Crippen molar-refractivity contribution in [2.45, 2.75) is 25.4 Å². The lowest BCUT2D eigenvalue weighted by Gasteiger charge is -2.05. The van der Waals surface area contributed by atoms with Crippen LogP contribution in [0.25, 0.3) is 4.96 Å². The van der Waals surface area contributed by atoms with Crippen molar-refractivity contribution in [3.63, 3.8) is 0 Å². The maximum atomic E-state index is 12.4. The minimum atomic E-state index is -3.80. The molecule has 0 aliphatic rings. The topological polar surface area (TPSA) is 89.5 Å². The Labute approximate surface area is 129 Å². The Balaban J connectivity index is 1.94. The molecule has 0 aromatic carbocycles. The quantitative estimate of drug-likeness (QED) is 0.781. The van der Waals surface area contributed by atoms with E-state index in [4.69, 9.17) is 16.1 Å². The third kappa shape index (κ3) is 2.46. The van der Waals surface area contributed by atoms with Crippen LogP contribution in [0.3, 0.4) is 0 Å². The van der Waals surface area contributed by atoms with Crippen LogP contribution in [0.5, 0.6) is 0 Å². The number of nitrogens with one attached hydrogen (secondary N) is 1. The SMILES string of the molecule is Cc1noc(C)c1CNS(=O)(=O)c1c(Cl)nc2sccn12. The molecule has 10 heteroatoms. The van der Waals surface area contributed by atoms with Gasteiger partial charge in [0, 0.05) is 23.7 Å². The van der Waals surface area contributed by atoms with Gasteiger partial charge in [-0.25, -0.2) is 18.1 Å². The van der Waals surface area contributed by atoms with Gasteiger partial charge in [0.1, 0.15) is 5.76 Å². The number of halogens is 1. The third-order valence-corrected chi connectivity index (χ3v) is 5.61. The molecule has 0 saturated carbocycles. The molecule has 3 aromatic rings. The van der Waals surface area contributed by atoms with Gasteiger partial charge in [-0.2, -0.15) is 0 Å². The molecule has 7 nitrogen and oxygen atoms in total. The van der Waals surface area contributed by atoms with Crippen molar-refractivity contribution in [2.24, 2.45) is 0 Å². The average molecular weight is 347 g/mol. The largest absolute Gasteiger partial charge is 0.361 e. The van der Waals surface area contributed by atoms with E-state index in [1.807, 2.05) is 0 Å². The van der Waals surface area contributed by atoms with Crippen LogP contribution in [0, 0.1) is 13.8 Å². The Morgan fingerprint density at radius 3 is 2.90 bits per heavy atom. The summed E-state index contributed by atoms with van der Waals surface area (Å²) in [7, 11) is -3.80. The number of sulfonamides is 1. The van der Waals surface area contributed by atoms with Crippen molar-refractivity contribution in [3.05, 3.63) is 33.7 Å². The number of rotatable bonds is 4. The van der Waals surface area contributed by atoms with Gasteiger partial charge in [-0.05, 0) is 13.8 Å². The van der Waals surface area contributed by atoms with E-state index >= 15 is 0 Å². The van der Waals surface area contributed by atoms with Crippen LogP contribution in [0.15, 0.2) is 21.1 Å². The third-order valence-electron chi connectivity index (χ3n) is 3.05. The van der Waals surface area contributed by atoms with Gasteiger partial charge in [0.05, 0.1) is 5.69 Å². The summed E-state index contributed by atoms with van der Waals surface area (Å²) in [6.45, 7) is 3.56. The molecule has 3 heterocycles. The Bertz CT molecular complexity index is 890. The molecule has 0 radical (unpaired) electrons. The van der Waals surface area contributed by atoms with Crippen molar-refractivity contribution >= 4 is 37.9 Å². The summed E-state index contributed by atoms with van der Waals surface area (Å²) in [5, 5.41) is 5.42. The summed E-state index contributed by atoms with van der Waals surface area (Å²) in [6.07, 6.45) is 1.61. The van der Waals surface area contributed by atoms with E-state index in [9.17, 15) is 8.42 Å². The highest BCUT2D eigenvalue weighted by atomic mass is 35.5. The van der Waals surface area contributed by atoms with Crippen LogP contribution in [0.4, 0.5) is 0 Å². The van der Waals surface area contributed by atoms with E-state index < -0.39 is 10.0 Å². The molecular weight excluding hydrogens is 336 g/mol. The van der Waals surface area contributed by atoms with Crippen molar-refractivity contribution in [1.29, 1.82) is 0 Å². The lowest BCUT2D eigenvalue weighted by Crippen LogP contribution is -2.25. The molecule has 1 N–H and O–H groups in total. The van der Waals surface area contributed by atoms with Crippen LogP contribution >= 0.6 is 22.9 Å². The Kier molecular flexibility index (Phi) is 3.52. The maximum absolute atomic E-state index is 12.4. The van der Waals surface area contributed by atoms with E-state index in [0.29, 0.717) is 22.0 Å². The predicted molar refractivity (Wildman–Crippen MR) is 78.1 cm³/mol. The number of hydrogen-bond donors (Lipinski definition) is 1. The van der Waals surface area contributed by atoms with Gasteiger partial charge in [-0.15, -0.1) is 11.3 Å². The zero-order valence-corrected chi connectivity index (χ0v) is 13.5. The minimum absolute atomic E-state index is 0.0480. The number of aryl methyl sites for hydroxylation is 2. The average Bonchev–Trinajstić information content (AvgIpc) is 3.03. The van der Waals surface area contributed by atoms with Gasteiger partial charge in [-0.3, -0.25) is 4.40 Å². The molecule has 0 aliphatic carbocycles. The fourth-order valence-corrected chi connectivity index (χ4v) is 4.41. The normalized spacial score (nSPS) is 12.3. The van der Waals surface area contributed by atoms with Crippen molar-refractivity contribution in [3.8, 4) is 0 Å². The summed E-state index contributed by atoms with van der Waals surface area (Å²) in [5.74, 6) is 0.579. The van der Waals surface area contributed by atoms with Gasteiger partial charge in [0.15, 0.2) is 15.1 Å². The summed E-state index contributed by atoms with van der Waals surface area (Å²) in [6, 6.07) is 0. The van der Waals surface area contributed by atoms with E-state index in [1.165, 1.54) is 15.7 Å². The van der Waals surface area contributed by atoms with Gasteiger partial charge in [0.25, 0.3) is 10.0 Å². The van der Waals surface area contributed by atoms with Gasteiger partial charge >= 0.3 is 0 Å². The standard InChI is InChI=1S/C11H11ClN4O3S2/c1-6-8(7(2)19-15-6)5-13-21(17,18)10-9(12)14-11-16(10)3-4-20-11/h3-4,13H,5H2,1-2H3. The molecule has 0 saturated heterocycles. The predicted octanol–water partition coefficient (Wildman–Crippen LogP) is 2.13. The molecular formula is C11H11ClN4O3S2. The second kappa shape index (κ2) is 5.09. The van der Waals surface area contributed by atoms with Crippen LogP contribution < -0.4 is 4.72 Å². The number of thiazole rings is 1. The first-order valence-electron chi connectivity index (χ1n) is 5.92. The summed E-state index contributed by atoms with van der Waals surface area (Å²) < 4.78 is 33.8. The summed E-state index contributed by atoms with van der Waals surface area (Å²) in [5.41, 5.74) is 1.36. The second-order valence-corrected chi connectivity index (χ2v) is 7.30. The summed E-state index contributed by atoms with van der Waals surface area (Å²) >= 11 is 7.25. The van der Waals surface area contributed by atoms with Crippen LogP contribution in [0.2, 0.25) is 5.15 Å². The molecule has 0 aliphatic heterocycles. The molecule has 112 valence electrons. The van der Waals surface area contributed by atoms with Crippen molar-refractivity contribution in [2.75, 3.05) is 0 Å². The highest BCUT2D eigenvalue weighted by Crippen LogP contribution is 2.25. The highest BCUT2D eigenvalue weighted by Gasteiger charge is 2.25. The maximum Gasteiger partial charge on any atom is 0.260 e. The summed E-state index contributed by atoms with van der Waals surface area (Å²) in [4.78, 5) is 4.54.